The molecule has 2 rings (SSSR count). The molecule has 3 nitrogen and oxygen atoms in total. The Bertz CT molecular complexity index is 625. The molecule has 0 fully saturated rings. The van der Waals surface area contributed by atoms with Crippen molar-refractivity contribution in [2.75, 3.05) is 18.9 Å². The van der Waals surface area contributed by atoms with Crippen LogP contribution in [0.15, 0.2) is 54.6 Å². The van der Waals surface area contributed by atoms with Gasteiger partial charge in [0.15, 0.2) is 6.54 Å². The van der Waals surface area contributed by atoms with Gasteiger partial charge in [0.2, 0.25) is 0 Å². The molecule has 0 aliphatic carbocycles. The predicted octanol–water partition coefficient (Wildman–Crippen LogP) is 2.85. The van der Waals surface area contributed by atoms with Crippen LogP contribution in [0.1, 0.15) is 37.3 Å². The van der Waals surface area contributed by atoms with E-state index in [1.165, 1.54) is 16.0 Å². The molecule has 0 saturated carbocycles. The first-order valence-electron chi connectivity index (χ1n) is 8.34. The van der Waals surface area contributed by atoms with Crippen molar-refractivity contribution in [1.29, 1.82) is 0 Å². The summed E-state index contributed by atoms with van der Waals surface area (Å²) in [5.74, 6) is 0.509. The van der Waals surface area contributed by atoms with Crippen molar-refractivity contribution in [2.24, 2.45) is 0 Å². The molecule has 0 aliphatic heterocycles. The summed E-state index contributed by atoms with van der Waals surface area (Å²) in [4.78, 5) is 13.5. The van der Waals surface area contributed by atoms with Crippen LogP contribution < -0.4 is 10.2 Å². The largest absolute Gasteiger partial charge is 0.326 e. The zero-order chi connectivity index (χ0) is 16.7. The topological polar surface area (TPSA) is 33.5 Å². The van der Waals surface area contributed by atoms with E-state index in [1.807, 2.05) is 43.4 Å². The second kappa shape index (κ2) is 8.49. The molecule has 122 valence electrons. The molecule has 0 aliphatic rings. The van der Waals surface area contributed by atoms with Gasteiger partial charge in [-0.2, -0.15) is 0 Å². The molecule has 23 heavy (non-hydrogen) atoms. The van der Waals surface area contributed by atoms with Gasteiger partial charge in [0.1, 0.15) is 6.54 Å². The number of anilines is 1. The molecule has 2 aromatic carbocycles. The maximum absolute atomic E-state index is 12.3. The fourth-order valence-corrected chi connectivity index (χ4v) is 2.74. The summed E-state index contributed by atoms with van der Waals surface area (Å²) in [6.45, 7) is 5.67. The fourth-order valence-electron chi connectivity index (χ4n) is 2.74. The van der Waals surface area contributed by atoms with E-state index in [2.05, 4.69) is 37.4 Å². The molecule has 2 aromatic rings. The van der Waals surface area contributed by atoms with Gasteiger partial charge in [0.25, 0.3) is 5.91 Å². The van der Waals surface area contributed by atoms with Crippen molar-refractivity contribution in [3.63, 3.8) is 0 Å². The number of benzene rings is 2. The van der Waals surface area contributed by atoms with Gasteiger partial charge in [-0.1, -0.05) is 62.4 Å². The van der Waals surface area contributed by atoms with Crippen LogP contribution in [0.25, 0.3) is 0 Å². The Hall–Kier alpha value is -2.13. The van der Waals surface area contributed by atoms with Crippen molar-refractivity contribution < 1.29 is 9.69 Å². The summed E-state index contributed by atoms with van der Waals surface area (Å²) in [6.07, 6.45) is 1.06. The first-order chi connectivity index (χ1) is 11.1. The molecule has 0 saturated heterocycles. The Balaban J connectivity index is 1.94. The fraction of sp³-hybridized carbons (Fsp3) is 0.350. The monoisotopic (exact) mass is 311 g/mol. The minimum atomic E-state index is 0.0641. The number of para-hydroxylation sites is 1. The van der Waals surface area contributed by atoms with Gasteiger partial charge < -0.3 is 10.2 Å². The van der Waals surface area contributed by atoms with Crippen LogP contribution in [0.5, 0.6) is 0 Å². The highest BCUT2D eigenvalue weighted by molar-refractivity contribution is 5.92. The van der Waals surface area contributed by atoms with Crippen LogP contribution in [0.3, 0.4) is 0 Å². The van der Waals surface area contributed by atoms with Gasteiger partial charge in [0, 0.05) is 11.3 Å². The standard InChI is InChI=1S/C20H26N2O/c1-4-16(2)18-12-8-9-13-19(18)21-20(23)15-22(3)14-17-10-6-5-7-11-17/h5-13,16H,4,14-15H2,1-3H3,(H,21,23)/p+1/t16-/m1/s1. The maximum Gasteiger partial charge on any atom is 0.279 e. The van der Waals surface area contributed by atoms with Gasteiger partial charge in [0.05, 0.1) is 7.05 Å². The molecular formula is C20H27N2O+. The number of carbonyl (C=O) groups is 1. The van der Waals surface area contributed by atoms with Gasteiger partial charge >= 0.3 is 0 Å². The number of nitrogens with one attached hydrogen (secondary N) is 2. The third kappa shape index (κ3) is 5.22. The lowest BCUT2D eigenvalue weighted by Gasteiger charge is -2.17. The second-order valence-electron chi connectivity index (χ2n) is 6.24. The van der Waals surface area contributed by atoms with Gasteiger partial charge in [-0.15, -0.1) is 0 Å². The van der Waals surface area contributed by atoms with Crippen LogP contribution in [0.4, 0.5) is 5.69 Å². The Morgan fingerprint density at radius 2 is 1.74 bits per heavy atom. The van der Waals surface area contributed by atoms with E-state index in [1.54, 1.807) is 0 Å². The quantitative estimate of drug-likeness (QED) is 0.810. The molecule has 0 radical (unpaired) electrons. The van der Waals surface area contributed by atoms with E-state index in [0.717, 1.165) is 18.7 Å². The van der Waals surface area contributed by atoms with E-state index in [9.17, 15) is 4.79 Å². The van der Waals surface area contributed by atoms with Crippen LogP contribution in [0, 0.1) is 0 Å². The summed E-state index contributed by atoms with van der Waals surface area (Å²) >= 11 is 0. The summed E-state index contributed by atoms with van der Waals surface area (Å²) in [7, 11) is 2.05. The lowest BCUT2D eigenvalue weighted by molar-refractivity contribution is -0.885. The summed E-state index contributed by atoms with van der Waals surface area (Å²) < 4.78 is 0. The Labute approximate surface area is 139 Å². The van der Waals surface area contributed by atoms with Gasteiger partial charge in [-0.25, -0.2) is 0 Å². The number of hydrogen-bond donors (Lipinski definition) is 2. The highest BCUT2D eigenvalue weighted by Crippen LogP contribution is 2.26. The molecular weight excluding hydrogens is 284 g/mol. The molecule has 0 bridgehead atoms. The molecule has 0 aromatic heterocycles. The van der Waals surface area contributed by atoms with Gasteiger partial charge in [-0.05, 0) is 24.0 Å². The SMILES string of the molecule is CC[C@@H](C)c1ccccc1NC(=O)C[NH+](C)Cc1ccccc1. The van der Waals surface area contributed by atoms with E-state index in [-0.39, 0.29) is 5.91 Å². The average molecular weight is 311 g/mol. The molecule has 2 atom stereocenters. The molecule has 0 spiro atoms. The summed E-state index contributed by atoms with van der Waals surface area (Å²) in [5, 5.41) is 3.08. The molecule has 1 amide bonds. The molecule has 1 unspecified atom stereocenters. The number of carbonyl (C=O) groups excluding carboxylic acids is 1. The molecule has 2 N–H and O–H groups in total. The Morgan fingerprint density at radius 3 is 2.43 bits per heavy atom. The lowest BCUT2D eigenvalue weighted by atomic mass is 9.97. The summed E-state index contributed by atoms with van der Waals surface area (Å²) in [6, 6.07) is 18.4. The van der Waals surface area contributed by atoms with Crippen molar-refractivity contribution >= 4 is 11.6 Å². The number of hydrogen-bond acceptors (Lipinski definition) is 1. The van der Waals surface area contributed by atoms with Crippen LogP contribution >= 0.6 is 0 Å². The Kier molecular flexibility index (Phi) is 6.36. The van der Waals surface area contributed by atoms with Crippen molar-refractivity contribution in [3.8, 4) is 0 Å². The highest BCUT2D eigenvalue weighted by Gasteiger charge is 2.14. The minimum Gasteiger partial charge on any atom is -0.326 e. The predicted molar refractivity (Wildman–Crippen MR) is 95.7 cm³/mol. The maximum atomic E-state index is 12.3. The number of rotatable bonds is 7. The average Bonchev–Trinajstić information content (AvgIpc) is 2.55. The third-order valence-electron chi connectivity index (χ3n) is 4.19. The van der Waals surface area contributed by atoms with Crippen molar-refractivity contribution in [2.45, 2.75) is 32.7 Å². The number of quaternary nitrogens is 1. The van der Waals surface area contributed by atoms with Crippen LogP contribution in [-0.2, 0) is 11.3 Å². The van der Waals surface area contributed by atoms with Crippen molar-refractivity contribution in [3.05, 3.63) is 65.7 Å². The zero-order valence-corrected chi connectivity index (χ0v) is 14.3. The Morgan fingerprint density at radius 1 is 1.09 bits per heavy atom. The molecule has 0 heterocycles. The van der Waals surface area contributed by atoms with Gasteiger partial charge in [-0.3, -0.25) is 4.79 Å². The summed E-state index contributed by atoms with van der Waals surface area (Å²) in [5.41, 5.74) is 3.40. The number of likely N-dealkylation sites (N-methyl/N-ethyl adjacent to an activating group) is 1. The van der Waals surface area contributed by atoms with Crippen molar-refractivity contribution in [1.82, 2.24) is 0 Å². The zero-order valence-electron chi connectivity index (χ0n) is 14.3. The smallest absolute Gasteiger partial charge is 0.279 e. The van der Waals surface area contributed by atoms with E-state index in [4.69, 9.17) is 0 Å². The normalized spacial score (nSPS) is 13.3. The first kappa shape index (κ1) is 17.2. The minimum absolute atomic E-state index is 0.0641. The second-order valence-corrected chi connectivity index (χ2v) is 6.24. The van der Waals surface area contributed by atoms with E-state index < -0.39 is 0 Å². The van der Waals surface area contributed by atoms with Crippen LogP contribution in [-0.4, -0.2) is 19.5 Å². The number of amides is 1. The van der Waals surface area contributed by atoms with Crippen LogP contribution in [0.2, 0.25) is 0 Å². The molecule has 3 heteroatoms. The first-order valence-corrected chi connectivity index (χ1v) is 8.34. The lowest BCUT2D eigenvalue weighted by Crippen LogP contribution is -3.08. The van der Waals surface area contributed by atoms with E-state index in [0.29, 0.717) is 12.5 Å². The third-order valence-corrected chi connectivity index (χ3v) is 4.19. The van der Waals surface area contributed by atoms with E-state index >= 15 is 0 Å². The highest BCUT2D eigenvalue weighted by atomic mass is 16.2.